The maximum atomic E-state index is 12.4. The molecule has 1 aliphatic rings. The predicted molar refractivity (Wildman–Crippen MR) is 83.0 cm³/mol. The molecule has 0 unspecified atom stereocenters. The second-order valence-corrected chi connectivity index (χ2v) is 5.40. The highest BCUT2D eigenvalue weighted by Gasteiger charge is 2.23. The summed E-state index contributed by atoms with van der Waals surface area (Å²) in [5, 5.41) is 2.21. The Labute approximate surface area is 122 Å². The summed E-state index contributed by atoms with van der Waals surface area (Å²) in [6.07, 6.45) is 3.63. The van der Waals surface area contributed by atoms with E-state index >= 15 is 0 Å². The number of nitrogens with zero attached hydrogens (tertiary/aromatic N) is 2. The van der Waals surface area contributed by atoms with Gasteiger partial charge in [0.1, 0.15) is 0 Å². The lowest BCUT2D eigenvalue weighted by atomic mass is 9.90. The van der Waals surface area contributed by atoms with Gasteiger partial charge in [-0.1, -0.05) is 30.3 Å². The van der Waals surface area contributed by atoms with Gasteiger partial charge >= 0.3 is 0 Å². The molecule has 1 amide bonds. The van der Waals surface area contributed by atoms with E-state index in [4.69, 9.17) is 0 Å². The van der Waals surface area contributed by atoms with Crippen LogP contribution in [-0.2, 0) is 6.54 Å². The highest BCUT2D eigenvalue weighted by atomic mass is 16.2. The second-order valence-electron chi connectivity index (χ2n) is 5.40. The number of hydrogen-bond acceptors (Lipinski definition) is 2. The smallest absolute Gasteiger partial charge is 0.254 e. The van der Waals surface area contributed by atoms with Crippen LogP contribution in [0.2, 0.25) is 0 Å². The number of amides is 1. The molecule has 21 heavy (non-hydrogen) atoms. The monoisotopic (exact) mass is 274 g/mol. The molecule has 2 heterocycles. The molecular formula is C18H14N2O. The number of benzene rings is 2. The summed E-state index contributed by atoms with van der Waals surface area (Å²) < 4.78 is 0. The zero-order chi connectivity index (χ0) is 14.4. The standard InChI is InChI=1S/C18H14N2O/c1-20-11-13-7-8-14(12-4-3-9-19-10-12)15-5-2-6-16(17(13)15)18(20)21/h2-10H,11H2,1H3. The lowest BCUT2D eigenvalue weighted by Gasteiger charge is -2.26. The molecule has 1 aromatic heterocycles. The highest BCUT2D eigenvalue weighted by molar-refractivity contribution is 6.13. The second kappa shape index (κ2) is 4.42. The first-order chi connectivity index (χ1) is 10.3. The number of carbonyl (C=O) groups is 1. The first kappa shape index (κ1) is 12.1. The van der Waals surface area contributed by atoms with Crippen LogP contribution in [0.15, 0.2) is 54.9 Å². The van der Waals surface area contributed by atoms with E-state index in [1.54, 1.807) is 11.1 Å². The van der Waals surface area contributed by atoms with Crippen LogP contribution in [0.4, 0.5) is 0 Å². The number of pyridine rings is 1. The summed E-state index contributed by atoms with van der Waals surface area (Å²) in [6, 6.07) is 14.2. The Bertz CT molecular complexity index is 856. The Hall–Kier alpha value is -2.68. The molecule has 0 bridgehead atoms. The third-order valence-corrected chi connectivity index (χ3v) is 4.08. The third-order valence-electron chi connectivity index (χ3n) is 4.08. The minimum atomic E-state index is 0.0939. The summed E-state index contributed by atoms with van der Waals surface area (Å²) in [7, 11) is 1.85. The van der Waals surface area contributed by atoms with Gasteiger partial charge in [0.05, 0.1) is 0 Å². The summed E-state index contributed by atoms with van der Waals surface area (Å²) in [6.45, 7) is 0.666. The van der Waals surface area contributed by atoms with Gasteiger partial charge in [-0.2, -0.15) is 0 Å². The fraction of sp³-hybridized carbons (Fsp3) is 0.111. The van der Waals surface area contributed by atoms with Crippen molar-refractivity contribution in [3.8, 4) is 11.1 Å². The van der Waals surface area contributed by atoms with Gasteiger partial charge in [-0.3, -0.25) is 9.78 Å². The Kier molecular flexibility index (Phi) is 2.54. The van der Waals surface area contributed by atoms with Crippen LogP contribution in [0.3, 0.4) is 0 Å². The molecule has 0 aliphatic carbocycles. The van der Waals surface area contributed by atoms with Crippen molar-refractivity contribution in [1.82, 2.24) is 9.88 Å². The SMILES string of the molecule is CN1Cc2ccc(-c3cccnc3)c3cccc(c23)C1=O. The number of aromatic nitrogens is 1. The lowest BCUT2D eigenvalue weighted by Crippen LogP contribution is -2.30. The molecule has 0 saturated carbocycles. The van der Waals surface area contributed by atoms with E-state index in [1.807, 2.05) is 37.5 Å². The fourth-order valence-electron chi connectivity index (χ4n) is 3.10. The van der Waals surface area contributed by atoms with Crippen LogP contribution in [-0.4, -0.2) is 22.8 Å². The molecule has 1 aliphatic heterocycles. The average Bonchev–Trinajstić information content (AvgIpc) is 2.53. The number of hydrogen-bond donors (Lipinski definition) is 0. The first-order valence-corrected chi connectivity index (χ1v) is 6.96. The molecule has 0 atom stereocenters. The number of carbonyl (C=O) groups excluding carboxylic acids is 1. The molecule has 0 spiro atoms. The Morgan fingerprint density at radius 1 is 1.05 bits per heavy atom. The Balaban J connectivity index is 2.07. The van der Waals surface area contributed by atoms with Crippen LogP contribution in [0, 0.1) is 0 Å². The molecule has 0 N–H and O–H groups in total. The van der Waals surface area contributed by atoms with Crippen molar-refractivity contribution >= 4 is 16.7 Å². The number of rotatable bonds is 1. The molecular weight excluding hydrogens is 260 g/mol. The quantitative estimate of drug-likeness (QED) is 0.680. The summed E-state index contributed by atoms with van der Waals surface area (Å²) in [5.74, 6) is 0.0939. The fourth-order valence-corrected chi connectivity index (χ4v) is 3.10. The van der Waals surface area contributed by atoms with Crippen molar-refractivity contribution in [1.29, 1.82) is 0 Å². The van der Waals surface area contributed by atoms with Crippen molar-refractivity contribution in [3.63, 3.8) is 0 Å². The van der Waals surface area contributed by atoms with E-state index in [0.717, 1.165) is 27.5 Å². The topological polar surface area (TPSA) is 33.2 Å². The minimum Gasteiger partial charge on any atom is -0.337 e. The molecule has 2 aromatic carbocycles. The molecule has 3 heteroatoms. The maximum absolute atomic E-state index is 12.4. The largest absolute Gasteiger partial charge is 0.337 e. The van der Waals surface area contributed by atoms with Crippen LogP contribution >= 0.6 is 0 Å². The maximum Gasteiger partial charge on any atom is 0.254 e. The van der Waals surface area contributed by atoms with E-state index < -0.39 is 0 Å². The van der Waals surface area contributed by atoms with Crippen LogP contribution in [0.1, 0.15) is 15.9 Å². The summed E-state index contributed by atoms with van der Waals surface area (Å²) in [4.78, 5) is 18.3. The van der Waals surface area contributed by atoms with Gasteiger partial charge in [-0.15, -0.1) is 0 Å². The van der Waals surface area contributed by atoms with Gasteiger partial charge in [0.2, 0.25) is 0 Å². The average molecular weight is 274 g/mol. The van der Waals surface area contributed by atoms with Crippen molar-refractivity contribution in [2.45, 2.75) is 6.54 Å². The molecule has 3 aromatic rings. The van der Waals surface area contributed by atoms with Gasteiger partial charge in [0.15, 0.2) is 0 Å². The highest BCUT2D eigenvalue weighted by Crippen LogP contribution is 2.35. The molecule has 102 valence electrons. The van der Waals surface area contributed by atoms with Gasteiger partial charge < -0.3 is 4.90 Å². The molecule has 4 rings (SSSR count). The Morgan fingerprint density at radius 2 is 1.95 bits per heavy atom. The van der Waals surface area contributed by atoms with Crippen LogP contribution in [0.25, 0.3) is 21.9 Å². The molecule has 3 nitrogen and oxygen atoms in total. The van der Waals surface area contributed by atoms with Gasteiger partial charge in [0.25, 0.3) is 5.91 Å². The summed E-state index contributed by atoms with van der Waals surface area (Å²) >= 11 is 0. The molecule has 0 radical (unpaired) electrons. The van der Waals surface area contributed by atoms with E-state index in [0.29, 0.717) is 6.54 Å². The zero-order valence-corrected chi connectivity index (χ0v) is 11.7. The van der Waals surface area contributed by atoms with Crippen LogP contribution < -0.4 is 0 Å². The van der Waals surface area contributed by atoms with E-state index in [-0.39, 0.29) is 5.91 Å². The van der Waals surface area contributed by atoms with Gasteiger partial charge in [0, 0.05) is 42.5 Å². The van der Waals surface area contributed by atoms with Crippen molar-refractivity contribution in [3.05, 3.63) is 66.0 Å². The lowest BCUT2D eigenvalue weighted by molar-refractivity contribution is 0.0780. The van der Waals surface area contributed by atoms with Gasteiger partial charge in [-0.05, 0) is 28.6 Å². The zero-order valence-electron chi connectivity index (χ0n) is 11.7. The van der Waals surface area contributed by atoms with Crippen molar-refractivity contribution in [2.24, 2.45) is 0 Å². The first-order valence-electron chi connectivity index (χ1n) is 6.96. The van der Waals surface area contributed by atoms with E-state index in [9.17, 15) is 4.79 Å². The van der Waals surface area contributed by atoms with E-state index in [1.165, 1.54) is 5.56 Å². The minimum absolute atomic E-state index is 0.0939. The molecule has 0 fully saturated rings. The predicted octanol–water partition coefficient (Wildman–Crippen LogP) is 3.49. The Morgan fingerprint density at radius 3 is 2.76 bits per heavy atom. The van der Waals surface area contributed by atoms with Crippen LogP contribution in [0.5, 0.6) is 0 Å². The third kappa shape index (κ3) is 1.74. The van der Waals surface area contributed by atoms with E-state index in [2.05, 4.69) is 23.2 Å². The van der Waals surface area contributed by atoms with Gasteiger partial charge in [-0.25, -0.2) is 0 Å². The molecule has 0 saturated heterocycles. The summed E-state index contributed by atoms with van der Waals surface area (Å²) in [5.41, 5.74) is 4.20. The normalized spacial score (nSPS) is 13.8. The van der Waals surface area contributed by atoms with Crippen molar-refractivity contribution in [2.75, 3.05) is 7.05 Å². The van der Waals surface area contributed by atoms with Crippen molar-refractivity contribution < 1.29 is 4.79 Å².